The van der Waals surface area contributed by atoms with Crippen molar-refractivity contribution in [3.63, 3.8) is 0 Å². The number of nitrogens with one attached hydrogen (secondary N) is 1. The fourth-order valence-corrected chi connectivity index (χ4v) is 3.65. The Labute approximate surface area is 124 Å². The first-order chi connectivity index (χ1) is 9.39. The monoisotopic (exact) mass is 283 g/mol. The predicted octanol–water partition coefficient (Wildman–Crippen LogP) is 3.91. The smallest absolute Gasteiger partial charge is 0.326 e. The van der Waals surface area contributed by atoms with Crippen LogP contribution in [0.2, 0.25) is 0 Å². The predicted molar refractivity (Wildman–Crippen MR) is 83.7 cm³/mol. The minimum absolute atomic E-state index is 0.0783. The van der Waals surface area contributed by atoms with E-state index in [9.17, 15) is 4.79 Å². The molecule has 1 saturated carbocycles. The Bertz CT molecular complexity index is 283. The Kier molecular flexibility index (Phi) is 7.01. The lowest BCUT2D eigenvalue weighted by Gasteiger charge is -2.39. The lowest BCUT2D eigenvalue weighted by Crippen LogP contribution is -2.58. The molecule has 0 aliphatic heterocycles. The lowest BCUT2D eigenvalue weighted by molar-refractivity contribution is -0.151. The summed E-state index contributed by atoms with van der Waals surface area (Å²) in [6.07, 6.45) is 7.97. The largest absolute Gasteiger partial charge is 0.468 e. The molecule has 20 heavy (non-hydrogen) atoms. The lowest BCUT2D eigenvalue weighted by atomic mass is 9.80. The van der Waals surface area contributed by atoms with Crippen LogP contribution < -0.4 is 5.32 Å². The molecule has 1 fully saturated rings. The van der Waals surface area contributed by atoms with E-state index >= 15 is 0 Å². The molecule has 3 heteroatoms. The summed E-state index contributed by atoms with van der Waals surface area (Å²) < 4.78 is 5.16. The third kappa shape index (κ3) is 5.08. The van der Waals surface area contributed by atoms with Crippen molar-refractivity contribution in [1.82, 2.24) is 5.32 Å². The van der Waals surface area contributed by atoms with Crippen LogP contribution >= 0.6 is 0 Å². The van der Waals surface area contributed by atoms with Gasteiger partial charge in [0.2, 0.25) is 0 Å². The van der Waals surface area contributed by atoms with Crippen LogP contribution in [0.15, 0.2) is 0 Å². The number of esters is 1. The van der Waals surface area contributed by atoms with Gasteiger partial charge in [0.25, 0.3) is 0 Å². The van der Waals surface area contributed by atoms with Crippen molar-refractivity contribution in [2.45, 2.75) is 84.2 Å². The number of hydrogen-bond acceptors (Lipinski definition) is 3. The second kappa shape index (κ2) is 8.02. The highest BCUT2D eigenvalue weighted by molar-refractivity contribution is 5.80. The van der Waals surface area contributed by atoms with Crippen LogP contribution in [0.3, 0.4) is 0 Å². The summed E-state index contributed by atoms with van der Waals surface area (Å²) >= 11 is 0. The maximum atomic E-state index is 12.5. The van der Waals surface area contributed by atoms with Crippen LogP contribution in [-0.4, -0.2) is 24.7 Å². The minimum atomic E-state index is -0.501. The quantitative estimate of drug-likeness (QED) is 0.720. The molecule has 3 nitrogen and oxygen atoms in total. The number of methoxy groups -OCH3 is 1. The molecule has 0 aromatic rings. The van der Waals surface area contributed by atoms with Gasteiger partial charge < -0.3 is 4.74 Å². The molecule has 0 bridgehead atoms. The average Bonchev–Trinajstić information content (AvgIpc) is 2.37. The summed E-state index contributed by atoms with van der Waals surface area (Å²) in [5.74, 6) is 0.873. The molecule has 1 N–H and O–H groups in total. The molecular formula is C17H33NO2. The maximum absolute atomic E-state index is 12.5. The zero-order valence-electron chi connectivity index (χ0n) is 14.0. The highest BCUT2D eigenvalue weighted by Gasteiger charge is 2.42. The fraction of sp³-hybridized carbons (Fsp3) is 0.941. The van der Waals surface area contributed by atoms with Crippen molar-refractivity contribution in [3.05, 3.63) is 0 Å². The standard InChI is InChI=1S/C17H33NO2/c1-13(2)11-17(12-14(3)4,16(19)20-5)18-15-9-7-6-8-10-15/h13-15,18H,6-12H2,1-5H3. The van der Waals surface area contributed by atoms with Gasteiger partial charge >= 0.3 is 5.97 Å². The van der Waals surface area contributed by atoms with Crippen molar-refractivity contribution in [2.24, 2.45) is 11.8 Å². The Morgan fingerprint density at radius 1 is 1.10 bits per heavy atom. The number of hydrogen-bond donors (Lipinski definition) is 1. The summed E-state index contributed by atoms with van der Waals surface area (Å²) in [7, 11) is 1.51. The SMILES string of the molecule is COC(=O)C(CC(C)C)(CC(C)C)NC1CCCCC1. The highest BCUT2D eigenvalue weighted by Crippen LogP contribution is 2.30. The number of carbonyl (C=O) groups excluding carboxylic acids is 1. The summed E-state index contributed by atoms with van der Waals surface area (Å²) in [6.45, 7) is 8.72. The van der Waals surface area contributed by atoms with Crippen LogP contribution in [0, 0.1) is 11.8 Å². The second-order valence-corrected chi connectivity index (χ2v) is 7.25. The molecule has 118 valence electrons. The van der Waals surface area contributed by atoms with Gasteiger partial charge in [0.05, 0.1) is 7.11 Å². The third-order valence-electron chi connectivity index (χ3n) is 4.18. The zero-order chi connectivity index (χ0) is 15.2. The van der Waals surface area contributed by atoms with E-state index in [-0.39, 0.29) is 5.97 Å². The molecule has 1 aliphatic rings. The molecule has 0 amide bonds. The molecule has 1 aliphatic carbocycles. The van der Waals surface area contributed by atoms with Crippen molar-refractivity contribution in [1.29, 1.82) is 0 Å². The molecule has 0 radical (unpaired) electrons. The number of rotatable bonds is 7. The summed E-state index contributed by atoms with van der Waals surface area (Å²) in [6, 6.07) is 0.473. The van der Waals surface area contributed by atoms with Gasteiger partial charge in [-0.25, -0.2) is 0 Å². The van der Waals surface area contributed by atoms with Crippen LogP contribution in [-0.2, 0) is 9.53 Å². The van der Waals surface area contributed by atoms with E-state index in [1.54, 1.807) is 0 Å². The van der Waals surface area contributed by atoms with Crippen molar-refractivity contribution in [2.75, 3.05) is 7.11 Å². The first-order valence-corrected chi connectivity index (χ1v) is 8.25. The van der Waals surface area contributed by atoms with Crippen molar-refractivity contribution in [3.8, 4) is 0 Å². The minimum Gasteiger partial charge on any atom is -0.468 e. The van der Waals surface area contributed by atoms with E-state index < -0.39 is 5.54 Å². The van der Waals surface area contributed by atoms with E-state index in [1.807, 2.05) is 0 Å². The van der Waals surface area contributed by atoms with Crippen molar-refractivity contribution < 1.29 is 9.53 Å². The van der Waals surface area contributed by atoms with Crippen LogP contribution in [0.5, 0.6) is 0 Å². The molecular weight excluding hydrogens is 250 g/mol. The van der Waals surface area contributed by atoms with E-state index in [4.69, 9.17) is 4.74 Å². The molecule has 1 rings (SSSR count). The topological polar surface area (TPSA) is 38.3 Å². The first-order valence-electron chi connectivity index (χ1n) is 8.25. The maximum Gasteiger partial charge on any atom is 0.326 e. The van der Waals surface area contributed by atoms with Gasteiger partial charge in [0.15, 0.2) is 0 Å². The summed E-state index contributed by atoms with van der Waals surface area (Å²) in [5, 5.41) is 3.71. The molecule has 0 spiro atoms. The molecule has 0 heterocycles. The Balaban J connectivity index is 2.90. The molecule has 0 aromatic heterocycles. The number of carbonyl (C=O) groups is 1. The Hall–Kier alpha value is -0.570. The second-order valence-electron chi connectivity index (χ2n) is 7.25. The summed E-state index contributed by atoms with van der Waals surface area (Å²) in [5.41, 5.74) is -0.501. The van der Waals surface area contributed by atoms with Gasteiger partial charge in [-0.1, -0.05) is 47.0 Å². The summed E-state index contributed by atoms with van der Waals surface area (Å²) in [4.78, 5) is 12.5. The Morgan fingerprint density at radius 2 is 1.60 bits per heavy atom. The average molecular weight is 283 g/mol. The normalized spacial score (nSPS) is 17.8. The van der Waals surface area contributed by atoms with Crippen molar-refractivity contribution >= 4 is 5.97 Å². The van der Waals surface area contributed by atoms with E-state index in [2.05, 4.69) is 33.0 Å². The van der Waals surface area contributed by atoms with E-state index in [1.165, 1.54) is 39.2 Å². The van der Waals surface area contributed by atoms with E-state index in [0.29, 0.717) is 17.9 Å². The first kappa shape index (κ1) is 17.5. The van der Waals surface area contributed by atoms with Gasteiger partial charge in [0, 0.05) is 6.04 Å². The van der Waals surface area contributed by atoms with Gasteiger partial charge in [-0.05, 0) is 37.5 Å². The van der Waals surface area contributed by atoms with Gasteiger partial charge in [0.1, 0.15) is 5.54 Å². The van der Waals surface area contributed by atoms with Gasteiger partial charge in [-0.2, -0.15) is 0 Å². The molecule has 0 aromatic carbocycles. The molecule has 0 atom stereocenters. The van der Waals surface area contributed by atoms with Crippen LogP contribution in [0.25, 0.3) is 0 Å². The van der Waals surface area contributed by atoms with E-state index in [0.717, 1.165) is 12.8 Å². The molecule has 0 saturated heterocycles. The fourth-order valence-electron chi connectivity index (χ4n) is 3.65. The highest BCUT2D eigenvalue weighted by atomic mass is 16.5. The van der Waals surface area contributed by atoms with Gasteiger partial charge in [-0.15, -0.1) is 0 Å². The molecule has 0 unspecified atom stereocenters. The zero-order valence-corrected chi connectivity index (χ0v) is 14.0. The van der Waals surface area contributed by atoms with Crippen LogP contribution in [0.4, 0.5) is 0 Å². The van der Waals surface area contributed by atoms with Crippen LogP contribution in [0.1, 0.15) is 72.6 Å². The Morgan fingerprint density at radius 3 is 2.00 bits per heavy atom. The number of ether oxygens (including phenoxy) is 1. The van der Waals surface area contributed by atoms with Gasteiger partial charge in [-0.3, -0.25) is 10.1 Å². The third-order valence-corrected chi connectivity index (χ3v) is 4.18.